The molecule has 1 aromatic heterocycles. The van der Waals surface area contributed by atoms with E-state index in [0.717, 1.165) is 11.3 Å². The van der Waals surface area contributed by atoms with Crippen molar-refractivity contribution in [1.29, 1.82) is 0 Å². The Balaban J connectivity index is 1.64. The van der Waals surface area contributed by atoms with Crippen LogP contribution in [0, 0.1) is 0 Å². The lowest BCUT2D eigenvalue weighted by Crippen LogP contribution is -2.81. The number of piperazine rings is 1. The number of carbonyl (C=O) groups excluding carboxylic acids is 2. The summed E-state index contributed by atoms with van der Waals surface area (Å²) in [6, 6.07) is 7.41. The number of hydrogen-bond acceptors (Lipinski definition) is 4. The SMILES string of the molecule is CC(C)N1CC(=O)N(Cc2ccc(Cl)cc2)C2(CN(c3cnn(C)c3)C2)C1=O. The van der Waals surface area contributed by atoms with Crippen LogP contribution in [0.3, 0.4) is 0 Å². The second kappa shape index (κ2) is 6.81. The summed E-state index contributed by atoms with van der Waals surface area (Å²) in [6.45, 7) is 5.37. The lowest BCUT2D eigenvalue weighted by Gasteiger charge is -2.59. The van der Waals surface area contributed by atoms with Crippen LogP contribution >= 0.6 is 11.6 Å². The van der Waals surface area contributed by atoms with Gasteiger partial charge in [-0.05, 0) is 31.5 Å². The van der Waals surface area contributed by atoms with E-state index in [2.05, 4.69) is 10.00 Å². The van der Waals surface area contributed by atoms with Gasteiger partial charge in [-0.2, -0.15) is 5.10 Å². The van der Waals surface area contributed by atoms with Crippen molar-refractivity contribution < 1.29 is 9.59 Å². The van der Waals surface area contributed by atoms with Gasteiger partial charge in [-0.1, -0.05) is 23.7 Å². The summed E-state index contributed by atoms with van der Waals surface area (Å²) in [4.78, 5) is 32.0. The molecular weight excluding hydrogens is 378 g/mol. The molecule has 0 aliphatic carbocycles. The fraction of sp³-hybridized carbons (Fsp3) is 0.450. The highest BCUT2D eigenvalue weighted by atomic mass is 35.5. The highest BCUT2D eigenvalue weighted by molar-refractivity contribution is 6.30. The molecule has 0 atom stereocenters. The number of rotatable bonds is 4. The smallest absolute Gasteiger partial charge is 0.252 e. The van der Waals surface area contributed by atoms with Gasteiger partial charge in [0, 0.05) is 30.9 Å². The Kier molecular flexibility index (Phi) is 4.57. The van der Waals surface area contributed by atoms with Crippen LogP contribution in [-0.4, -0.2) is 62.6 Å². The lowest BCUT2D eigenvalue weighted by molar-refractivity contribution is -0.170. The van der Waals surface area contributed by atoms with Crippen molar-refractivity contribution in [3.8, 4) is 0 Å². The molecule has 148 valence electrons. The quantitative estimate of drug-likeness (QED) is 0.785. The minimum Gasteiger partial charge on any atom is -0.363 e. The first-order chi connectivity index (χ1) is 13.3. The molecule has 4 rings (SSSR count). The summed E-state index contributed by atoms with van der Waals surface area (Å²) in [5.74, 6) is 0.00490. The number of anilines is 1. The molecule has 8 heteroatoms. The van der Waals surface area contributed by atoms with Crippen molar-refractivity contribution in [2.24, 2.45) is 7.05 Å². The normalized spacial score (nSPS) is 19.0. The first-order valence-corrected chi connectivity index (χ1v) is 9.77. The number of hydrogen-bond donors (Lipinski definition) is 0. The van der Waals surface area contributed by atoms with Crippen molar-refractivity contribution in [1.82, 2.24) is 19.6 Å². The minimum atomic E-state index is -0.838. The van der Waals surface area contributed by atoms with E-state index in [1.165, 1.54) is 0 Å². The van der Waals surface area contributed by atoms with Gasteiger partial charge >= 0.3 is 0 Å². The molecule has 2 aromatic rings. The van der Waals surface area contributed by atoms with E-state index < -0.39 is 5.54 Å². The summed E-state index contributed by atoms with van der Waals surface area (Å²) in [5, 5.41) is 4.86. The predicted octanol–water partition coefficient (Wildman–Crippen LogP) is 1.91. The van der Waals surface area contributed by atoms with E-state index in [4.69, 9.17) is 11.6 Å². The Morgan fingerprint density at radius 2 is 1.86 bits per heavy atom. The van der Waals surface area contributed by atoms with Crippen molar-refractivity contribution in [2.45, 2.75) is 32.0 Å². The molecular formula is C20H24ClN5O2. The van der Waals surface area contributed by atoms with Crippen molar-refractivity contribution in [2.75, 3.05) is 24.5 Å². The van der Waals surface area contributed by atoms with Crippen LogP contribution in [-0.2, 0) is 23.2 Å². The van der Waals surface area contributed by atoms with Gasteiger partial charge in [-0.15, -0.1) is 0 Å². The number of halogens is 1. The Bertz CT molecular complexity index is 902. The third-order valence-corrected chi connectivity index (χ3v) is 5.87. The highest BCUT2D eigenvalue weighted by Crippen LogP contribution is 2.38. The first-order valence-electron chi connectivity index (χ1n) is 9.40. The number of amides is 2. The molecule has 2 fully saturated rings. The Morgan fingerprint density at radius 3 is 2.43 bits per heavy atom. The molecule has 0 radical (unpaired) electrons. The first kappa shape index (κ1) is 18.8. The zero-order valence-electron chi connectivity index (χ0n) is 16.3. The standard InChI is InChI=1S/C20H24ClN5O2/c1-14(2)25-11-18(27)26(9-15-4-6-16(21)7-5-15)20(19(25)28)12-24(13-20)17-8-22-23(3)10-17/h4-8,10,14H,9,11-13H2,1-3H3. The van der Waals surface area contributed by atoms with E-state index in [9.17, 15) is 9.59 Å². The second-order valence-electron chi connectivity index (χ2n) is 7.89. The molecule has 3 heterocycles. The number of carbonyl (C=O) groups is 2. The maximum atomic E-state index is 13.4. The van der Waals surface area contributed by atoms with E-state index >= 15 is 0 Å². The van der Waals surface area contributed by atoms with Gasteiger partial charge in [-0.25, -0.2) is 0 Å². The van der Waals surface area contributed by atoms with Crippen molar-refractivity contribution >= 4 is 29.1 Å². The van der Waals surface area contributed by atoms with Gasteiger partial charge in [0.25, 0.3) is 5.91 Å². The molecule has 28 heavy (non-hydrogen) atoms. The van der Waals surface area contributed by atoms with Crippen LogP contribution < -0.4 is 4.90 Å². The molecule has 2 saturated heterocycles. The molecule has 2 amide bonds. The molecule has 1 aromatic carbocycles. The Morgan fingerprint density at radius 1 is 1.18 bits per heavy atom. The summed E-state index contributed by atoms with van der Waals surface area (Å²) >= 11 is 5.99. The Labute approximate surface area is 169 Å². The van der Waals surface area contributed by atoms with Crippen molar-refractivity contribution in [3.05, 3.63) is 47.2 Å². The zero-order valence-corrected chi connectivity index (χ0v) is 17.1. The summed E-state index contributed by atoms with van der Waals surface area (Å²) < 4.78 is 1.74. The van der Waals surface area contributed by atoms with E-state index in [1.807, 2.05) is 51.4 Å². The Hall–Kier alpha value is -2.54. The molecule has 2 aliphatic rings. The van der Waals surface area contributed by atoms with Gasteiger partial charge < -0.3 is 14.7 Å². The van der Waals surface area contributed by atoms with Crippen LogP contribution in [0.15, 0.2) is 36.7 Å². The highest BCUT2D eigenvalue weighted by Gasteiger charge is 2.60. The number of benzene rings is 1. The minimum absolute atomic E-state index is 0.0153. The van der Waals surface area contributed by atoms with Crippen molar-refractivity contribution in [3.63, 3.8) is 0 Å². The molecule has 1 spiro atoms. The fourth-order valence-electron chi connectivity index (χ4n) is 4.00. The second-order valence-corrected chi connectivity index (χ2v) is 8.33. The van der Waals surface area contributed by atoms with Crippen LogP contribution in [0.1, 0.15) is 19.4 Å². The van der Waals surface area contributed by atoms with Gasteiger partial charge in [-0.3, -0.25) is 14.3 Å². The molecule has 0 N–H and O–H groups in total. The molecule has 0 unspecified atom stereocenters. The third-order valence-electron chi connectivity index (χ3n) is 5.62. The van der Waals surface area contributed by atoms with E-state index in [-0.39, 0.29) is 24.4 Å². The van der Waals surface area contributed by atoms with Gasteiger partial charge in [0.2, 0.25) is 5.91 Å². The molecule has 0 saturated carbocycles. The number of aryl methyl sites for hydroxylation is 1. The predicted molar refractivity (Wildman–Crippen MR) is 107 cm³/mol. The van der Waals surface area contributed by atoms with Gasteiger partial charge in [0.05, 0.1) is 25.0 Å². The maximum Gasteiger partial charge on any atom is 0.252 e. The molecule has 7 nitrogen and oxygen atoms in total. The fourth-order valence-corrected chi connectivity index (χ4v) is 4.12. The van der Waals surface area contributed by atoms with E-state index in [1.54, 1.807) is 20.7 Å². The van der Waals surface area contributed by atoms with Crippen LogP contribution in [0.4, 0.5) is 5.69 Å². The molecule has 2 aliphatic heterocycles. The monoisotopic (exact) mass is 401 g/mol. The topological polar surface area (TPSA) is 61.7 Å². The summed E-state index contributed by atoms with van der Waals surface area (Å²) in [7, 11) is 1.86. The van der Waals surface area contributed by atoms with Crippen LogP contribution in [0.2, 0.25) is 5.02 Å². The van der Waals surface area contributed by atoms with Crippen LogP contribution in [0.25, 0.3) is 0 Å². The van der Waals surface area contributed by atoms with Gasteiger partial charge in [0.1, 0.15) is 6.54 Å². The molecule has 0 bridgehead atoms. The van der Waals surface area contributed by atoms with Crippen LogP contribution in [0.5, 0.6) is 0 Å². The summed E-state index contributed by atoms with van der Waals surface area (Å²) in [5.41, 5.74) is 1.08. The average Bonchev–Trinajstić information content (AvgIpc) is 3.04. The summed E-state index contributed by atoms with van der Waals surface area (Å²) in [6.07, 6.45) is 3.71. The zero-order chi connectivity index (χ0) is 20.1. The number of aromatic nitrogens is 2. The van der Waals surface area contributed by atoms with E-state index in [0.29, 0.717) is 24.7 Å². The lowest BCUT2D eigenvalue weighted by atomic mass is 9.82. The maximum absolute atomic E-state index is 13.4. The average molecular weight is 402 g/mol. The van der Waals surface area contributed by atoms with Gasteiger partial charge in [0.15, 0.2) is 5.54 Å². The third kappa shape index (κ3) is 3.03. The largest absolute Gasteiger partial charge is 0.363 e. The number of nitrogens with zero attached hydrogens (tertiary/aromatic N) is 5.